The molecule has 0 unspecified atom stereocenters. The van der Waals surface area contributed by atoms with Gasteiger partial charge >= 0.3 is 0 Å². The molecule has 0 bridgehead atoms. The minimum Gasteiger partial charge on any atom is -0.494 e. The van der Waals surface area contributed by atoms with Crippen molar-refractivity contribution in [2.45, 2.75) is 26.8 Å². The standard InChI is InChI=1S/C20H25N3OS/c1-16(2)12-13-24-19-10-8-18(9-11-19)15-22-23-20(25)21-14-17-6-4-3-5-7-17/h3-11,15-16H,12-14H2,1-2H3,(H2,21,23,25). The summed E-state index contributed by atoms with van der Waals surface area (Å²) in [5.41, 5.74) is 4.97. The first-order valence-corrected chi connectivity index (χ1v) is 8.88. The lowest BCUT2D eigenvalue weighted by molar-refractivity contribution is 0.289. The highest BCUT2D eigenvalue weighted by atomic mass is 32.1. The van der Waals surface area contributed by atoms with Crippen molar-refractivity contribution in [1.82, 2.24) is 10.7 Å². The molecule has 0 spiro atoms. The van der Waals surface area contributed by atoms with E-state index in [-0.39, 0.29) is 0 Å². The highest BCUT2D eigenvalue weighted by Crippen LogP contribution is 2.12. The number of hydrogen-bond donors (Lipinski definition) is 2. The third kappa shape index (κ3) is 7.81. The van der Waals surface area contributed by atoms with Crippen LogP contribution in [-0.4, -0.2) is 17.9 Å². The van der Waals surface area contributed by atoms with Gasteiger partial charge in [-0.15, -0.1) is 0 Å². The second-order valence-corrected chi connectivity index (χ2v) is 6.55. The van der Waals surface area contributed by atoms with Gasteiger partial charge in [0.2, 0.25) is 0 Å². The van der Waals surface area contributed by atoms with Crippen molar-refractivity contribution < 1.29 is 4.74 Å². The molecule has 0 amide bonds. The summed E-state index contributed by atoms with van der Waals surface area (Å²) in [4.78, 5) is 0. The molecule has 5 heteroatoms. The molecule has 2 N–H and O–H groups in total. The van der Waals surface area contributed by atoms with Crippen molar-refractivity contribution in [1.29, 1.82) is 0 Å². The topological polar surface area (TPSA) is 45.6 Å². The highest BCUT2D eigenvalue weighted by molar-refractivity contribution is 7.80. The molecule has 0 aromatic heterocycles. The molecule has 132 valence electrons. The van der Waals surface area contributed by atoms with Gasteiger partial charge in [0.15, 0.2) is 5.11 Å². The fourth-order valence-corrected chi connectivity index (χ4v) is 2.17. The molecular weight excluding hydrogens is 330 g/mol. The second kappa shape index (κ2) is 10.5. The first-order chi connectivity index (χ1) is 12.1. The summed E-state index contributed by atoms with van der Waals surface area (Å²) in [7, 11) is 0. The van der Waals surface area contributed by atoms with Crippen LogP contribution < -0.4 is 15.5 Å². The lowest BCUT2D eigenvalue weighted by atomic mass is 10.1. The Kier molecular flexibility index (Phi) is 7.92. The van der Waals surface area contributed by atoms with Crippen molar-refractivity contribution in [3.05, 3.63) is 65.7 Å². The summed E-state index contributed by atoms with van der Waals surface area (Å²) in [6.45, 7) is 5.79. The number of benzene rings is 2. The maximum absolute atomic E-state index is 5.70. The number of ether oxygens (including phenoxy) is 1. The second-order valence-electron chi connectivity index (χ2n) is 6.14. The van der Waals surface area contributed by atoms with Gasteiger partial charge in [0.25, 0.3) is 0 Å². The Hall–Kier alpha value is -2.40. The predicted octanol–water partition coefficient (Wildman–Crippen LogP) is 4.11. The Morgan fingerprint density at radius 1 is 1.12 bits per heavy atom. The van der Waals surface area contributed by atoms with E-state index in [2.05, 4.69) is 29.7 Å². The lowest BCUT2D eigenvalue weighted by Gasteiger charge is -2.08. The van der Waals surface area contributed by atoms with Crippen molar-refractivity contribution in [3.63, 3.8) is 0 Å². The van der Waals surface area contributed by atoms with Crippen molar-refractivity contribution >= 4 is 23.5 Å². The van der Waals surface area contributed by atoms with Gasteiger partial charge in [-0.1, -0.05) is 44.2 Å². The summed E-state index contributed by atoms with van der Waals surface area (Å²) >= 11 is 5.20. The number of hydrogen-bond acceptors (Lipinski definition) is 3. The Balaban J connectivity index is 1.71. The van der Waals surface area contributed by atoms with Gasteiger partial charge in [0.05, 0.1) is 12.8 Å². The minimum absolute atomic E-state index is 0.494. The zero-order valence-electron chi connectivity index (χ0n) is 14.7. The summed E-state index contributed by atoms with van der Waals surface area (Å²) in [5.74, 6) is 1.53. The minimum atomic E-state index is 0.494. The van der Waals surface area contributed by atoms with Gasteiger partial charge in [-0.2, -0.15) is 5.10 Å². The number of thiocarbonyl (C=S) groups is 1. The normalized spacial score (nSPS) is 10.8. The van der Waals surface area contributed by atoms with E-state index in [1.54, 1.807) is 6.21 Å². The molecule has 4 nitrogen and oxygen atoms in total. The van der Waals surface area contributed by atoms with E-state index in [1.165, 1.54) is 5.56 Å². The predicted molar refractivity (Wildman–Crippen MR) is 108 cm³/mol. The average molecular weight is 356 g/mol. The first kappa shape index (κ1) is 18.9. The van der Waals surface area contributed by atoms with E-state index in [4.69, 9.17) is 17.0 Å². The van der Waals surface area contributed by atoms with E-state index in [1.807, 2.05) is 54.6 Å². The third-order valence-corrected chi connectivity index (χ3v) is 3.76. The SMILES string of the molecule is CC(C)CCOc1ccc(C=NNC(=S)NCc2ccccc2)cc1. The highest BCUT2D eigenvalue weighted by Gasteiger charge is 1.97. The Labute approximate surface area is 155 Å². The molecule has 0 heterocycles. The van der Waals surface area contributed by atoms with Crippen LogP contribution in [-0.2, 0) is 6.54 Å². The van der Waals surface area contributed by atoms with Crippen LogP contribution >= 0.6 is 12.2 Å². The van der Waals surface area contributed by atoms with E-state index in [0.717, 1.165) is 24.3 Å². The molecule has 0 aliphatic heterocycles. The van der Waals surface area contributed by atoms with Crippen LogP contribution in [0, 0.1) is 5.92 Å². The zero-order valence-corrected chi connectivity index (χ0v) is 15.6. The summed E-state index contributed by atoms with van der Waals surface area (Å²) in [6, 6.07) is 17.9. The van der Waals surface area contributed by atoms with E-state index in [0.29, 0.717) is 17.6 Å². The van der Waals surface area contributed by atoms with Gasteiger partial charge in [0, 0.05) is 6.54 Å². The molecule has 0 radical (unpaired) electrons. The van der Waals surface area contributed by atoms with Crippen LogP contribution in [0.2, 0.25) is 0 Å². The largest absolute Gasteiger partial charge is 0.494 e. The van der Waals surface area contributed by atoms with Gasteiger partial charge in [0.1, 0.15) is 5.75 Å². The van der Waals surface area contributed by atoms with E-state index < -0.39 is 0 Å². The Morgan fingerprint density at radius 2 is 1.84 bits per heavy atom. The molecule has 0 atom stereocenters. The molecule has 2 aromatic rings. The number of nitrogens with one attached hydrogen (secondary N) is 2. The van der Waals surface area contributed by atoms with Crippen molar-refractivity contribution in [2.24, 2.45) is 11.0 Å². The van der Waals surface area contributed by atoms with Crippen molar-refractivity contribution in [2.75, 3.05) is 6.61 Å². The van der Waals surface area contributed by atoms with Gasteiger partial charge in [-0.25, -0.2) is 0 Å². The quantitative estimate of drug-likeness (QED) is 0.425. The average Bonchev–Trinajstić information content (AvgIpc) is 2.62. The fraction of sp³-hybridized carbons (Fsp3) is 0.300. The summed E-state index contributed by atoms with van der Waals surface area (Å²) < 4.78 is 5.70. The van der Waals surface area contributed by atoms with Gasteiger partial charge in [-0.05, 0) is 59.9 Å². The summed E-state index contributed by atoms with van der Waals surface area (Å²) in [5, 5.41) is 7.76. The van der Waals surface area contributed by atoms with E-state index in [9.17, 15) is 0 Å². The van der Waals surface area contributed by atoms with Crippen LogP contribution in [0.5, 0.6) is 5.75 Å². The third-order valence-electron chi connectivity index (χ3n) is 3.52. The molecule has 2 rings (SSSR count). The molecule has 0 aliphatic carbocycles. The smallest absolute Gasteiger partial charge is 0.187 e. The monoisotopic (exact) mass is 355 g/mol. The molecule has 0 aliphatic rings. The van der Waals surface area contributed by atoms with Crippen LogP contribution in [0.3, 0.4) is 0 Å². The molecule has 0 saturated carbocycles. The number of hydrazone groups is 1. The zero-order chi connectivity index (χ0) is 17.9. The maximum atomic E-state index is 5.70. The molecule has 0 saturated heterocycles. The van der Waals surface area contributed by atoms with Crippen LogP contribution in [0.25, 0.3) is 0 Å². The molecular formula is C20H25N3OS. The van der Waals surface area contributed by atoms with Gasteiger partial charge in [-0.3, -0.25) is 5.43 Å². The van der Waals surface area contributed by atoms with Crippen molar-refractivity contribution in [3.8, 4) is 5.75 Å². The first-order valence-electron chi connectivity index (χ1n) is 8.47. The van der Waals surface area contributed by atoms with Crippen LogP contribution in [0.4, 0.5) is 0 Å². The summed E-state index contributed by atoms with van der Waals surface area (Å²) in [6.07, 6.45) is 2.79. The number of rotatable bonds is 8. The van der Waals surface area contributed by atoms with Crippen LogP contribution in [0.15, 0.2) is 59.7 Å². The maximum Gasteiger partial charge on any atom is 0.187 e. The fourth-order valence-electron chi connectivity index (χ4n) is 2.05. The lowest BCUT2D eigenvalue weighted by Crippen LogP contribution is -2.31. The molecule has 25 heavy (non-hydrogen) atoms. The number of nitrogens with zero attached hydrogens (tertiary/aromatic N) is 1. The Bertz CT molecular complexity index is 669. The Morgan fingerprint density at radius 3 is 2.52 bits per heavy atom. The van der Waals surface area contributed by atoms with Gasteiger partial charge < -0.3 is 10.1 Å². The molecule has 2 aromatic carbocycles. The van der Waals surface area contributed by atoms with Crippen LogP contribution in [0.1, 0.15) is 31.4 Å². The molecule has 0 fully saturated rings. The van der Waals surface area contributed by atoms with E-state index >= 15 is 0 Å².